The van der Waals surface area contributed by atoms with Crippen molar-refractivity contribution in [1.82, 2.24) is 4.90 Å². The Morgan fingerprint density at radius 1 is 1.46 bits per heavy atom. The number of rotatable bonds is 1. The smallest absolute Gasteiger partial charge is 0.408 e. The average Bonchev–Trinajstić information content (AvgIpc) is 2.28. The minimum atomic E-state index is -1.84. The quantitative estimate of drug-likeness (QED) is 0.499. The second kappa shape index (κ2) is 3.17. The third kappa shape index (κ3) is 1.55. The minimum Gasteiger partial charge on any atom is -0.480 e. The molecule has 0 aromatic heterocycles. The lowest BCUT2D eigenvalue weighted by Gasteiger charge is -2.17. The number of halogens is 1. The van der Waals surface area contributed by atoms with Crippen molar-refractivity contribution in [2.45, 2.75) is 18.3 Å². The zero-order chi connectivity index (χ0) is 10.2. The maximum absolute atomic E-state index is 13.0. The van der Waals surface area contributed by atoms with E-state index >= 15 is 0 Å². The van der Waals surface area contributed by atoms with Gasteiger partial charge in [0.25, 0.3) is 0 Å². The number of aliphatic carboxylic acids is 1. The van der Waals surface area contributed by atoms with Crippen LogP contribution in [0, 0.1) is 0 Å². The highest BCUT2D eigenvalue weighted by atomic mass is 19.1. The minimum absolute atomic E-state index is 0.284. The van der Waals surface area contributed by atoms with Crippen LogP contribution < -0.4 is 5.73 Å². The number of nitrogens with zero attached hydrogens (tertiary/aromatic N) is 1. The van der Waals surface area contributed by atoms with E-state index in [0.29, 0.717) is 4.90 Å². The van der Waals surface area contributed by atoms with Gasteiger partial charge in [-0.25, -0.2) is 14.0 Å². The normalized spacial score (nSPS) is 33.4. The van der Waals surface area contributed by atoms with Crippen LogP contribution in [0.2, 0.25) is 0 Å². The molecule has 13 heavy (non-hydrogen) atoms. The van der Waals surface area contributed by atoms with Crippen LogP contribution in [0.25, 0.3) is 0 Å². The second-order valence-corrected chi connectivity index (χ2v) is 2.83. The van der Waals surface area contributed by atoms with Crippen molar-refractivity contribution in [1.29, 1.82) is 0 Å². The molecule has 6 nitrogen and oxygen atoms in total. The molecule has 1 saturated heterocycles. The summed E-state index contributed by atoms with van der Waals surface area (Å²) < 4.78 is 13.0. The first kappa shape index (κ1) is 9.72. The molecule has 0 unspecified atom stereocenters. The molecule has 0 spiro atoms. The van der Waals surface area contributed by atoms with Gasteiger partial charge in [0, 0.05) is 6.54 Å². The number of hydrogen-bond acceptors (Lipinski definition) is 3. The Morgan fingerprint density at radius 2 is 2.00 bits per heavy atom. The molecule has 1 heterocycles. The van der Waals surface area contributed by atoms with Gasteiger partial charge in [-0.05, 0) is 0 Å². The molecular weight excluding hydrogens is 183 g/mol. The fourth-order valence-corrected chi connectivity index (χ4v) is 1.31. The van der Waals surface area contributed by atoms with Gasteiger partial charge in [-0.3, -0.25) is 4.90 Å². The molecule has 1 fully saturated rings. The number of likely N-dealkylation sites (tertiary alicyclic amines) is 1. The summed E-state index contributed by atoms with van der Waals surface area (Å²) in [6.45, 7) is -0.284. The highest BCUT2D eigenvalue weighted by Gasteiger charge is 2.47. The van der Waals surface area contributed by atoms with Crippen LogP contribution in [0.1, 0.15) is 0 Å². The highest BCUT2D eigenvalue weighted by Crippen LogP contribution is 2.20. The molecule has 3 atom stereocenters. The van der Waals surface area contributed by atoms with Gasteiger partial charge in [-0.15, -0.1) is 0 Å². The lowest BCUT2D eigenvalue weighted by molar-refractivity contribution is -0.143. The molecule has 0 saturated carbocycles. The van der Waals surface area contributed by atoms with Crippen LogP contribution in [0.5, 0.6) is 0 Å². The Labute approximate surface area is 72.7 Å². The molecule has 0 radical (unpaired) electrons. The molecule has 74 valence electrons. The molecule has 0 aromatic carbocycles. The average molecular weight is 192 g/mol. The summed E-state index contributed by atoms with van der Waals surface area (Å²) >= 11 is 0. The SMILES string of the molecule is N[C@@H]1CN(C(=O)O)[C@@H](C(=O)O)[C@H]1F. The molecule has 1 aliphatic heterocycles. The van der Waals surface area contributed by atoms with Crippen molar-refractivity contribution in [3.05, 3.63) is 0 Å². The summed E-state index contributed by atoms with van der Waals surface area (Å²) in [4.78, 5) is 21.4. The monoisotopic (exact) mass is 192 g/mol. The van der Waals surface area contributed by atoms with E-state index in [2.05, 4.69) is 0 Å². The number of amides is 1. The van der Waals surface area contributed by atoms with Crippen molar-refractivity contribution in [2.24, 2.45) is 5.73 Å². The number of nitrogens with two attached hydrogens (primary N) is 1. The molecule has 0 aliphatic carbocycles. The van der Waals surface area contributed by atoms with Gasteiger partial charge < -0.3 is 15.9 Å². The second-order valence-electron chi connectivity index (χ2n) is 2.83. The Hall–Kier alpha value is -1.37. The standard InChI is InChI=1S/C6H9FN2O4/c7-3-2(8)1-9(6(12)13)4(3)5(10)11/h2-4H,1,8H2,(H,10,11)(H,12,13)/t2-,3+,4-/m1/s1. The van der Waals surface area contributed by atoms with E-state index in [-0.39, 0.29) is 6.54 Å². The Bertz CT molecular complexity index is 247. The summed E-state index contributed by atoms with van der Waals surface area (Å²) in [6.07, 6.45) is -3.31. The summed E-state index contributed by atoms with van der Waals surface area (Å²) in [5.74, 6) is -1.51. The number of alkyl halides is 1. The number of carboxylic acids is 1. The summed E-state index contributed by atoms with van der Waals surface area (Å²) in [5, 5.41) is 17.0. The predicted octanol–water partition coefficient (Wildman–Crippen LogP) is -0.901. The van der Waals surface area contributed by atoms with Crippen LogP contribution in [-0.2, 0) is 4.79 Å². The van der Waals surface area contributed by atoms with Gasteiger partial charge >= 0.3 is 12.1 Å². The number of carboxylic acid groups (broad SMARTS) is 2. The highest BCUT2D eigenvalue weighted by molar-refractivity contribution is 5.81. The van der Waals surface area contributed by atoms with E-state index in [1.165, 1.54) is 0 Å². The van der Waals surface area contributed by atoms with Gasteiger partial charge in [0.2, 0.25) is 0 Å². The number of carbonyl (C=O) groups is 2. The van der Waals surface area contributed by atoms with Gasteiger partial charge in [-0.2, -0.15) is 0 Å². The van der Waals surface area contributed by atoms with E-state index < -0.39 is 30.3 Å². The fraction of sp³-hybridized carbons (Fsp3) is 0.667. The molecule has 0 aromatic rings. The molecule has 1 aliphatic rings. The first-order chi connectivity index (χ1) is 5.95. The molecule has 1 rings (SSSR count). The maximum Gasteiger partial charge on any atom is 0.408 e. The lowest BCUT2D eigenvalue weighted by atomic mass is 10.1. The van der Waals surface area contributed by atoms with Crippen molar-refractivity contribution in [2.75, 3.05) is 6.54 Å². The van der Waals surface area contributed by atoms with Crippen molar-refractivity contribution in [3.8, 4) is 0 Å². The first-order valence-electron chi connectivity index (χ1n) is 3.57. The van der Waals surface area contributed by atoms with Crippen molar-refractivity contribution < 1.29 is 24.2 Å². The first-order valence-corrected chi connectivity index (χ1v) is 3.57. The van der Waals surface area contributed by atoms with E-state index in [9.17, 15) is 14.0 Å². The van der Waals surface area contributed by atoms with Crippen molar-refractivity contribution in [3.63, 3.8) is 0 Å². The molecule has 0 bridgehead atoms. The van der Waals surface area contributed by atoms with Crippen LogP contribution in [0.4, 0.5) is 9.18 Å². The van der Waals surface area contributed by atoms with Gasteiger partial charge in [0.05, 0.1) is 6.04 Å². The predicted molar refractivity (Wildman–Crippen MR) is 39.0 cm³/mol. The van der Waals surface area contributed by atoms with E-state index in [0.717, 1.165) is 0 Å². The summed E-state index contributed by atoms with van der Waals surface area (Å²) in [5.41, 5.74) is 5.19. The number of hydrogen-bond donors (Lipinski definition) is 3. The lowest BCUT2D eigenvalue weighted by Crippen LogP contribution is -2.43. The molecule has 7 heteroatoms. The van der Waals surface area contributed by atoms with E-state index in [1.54, 1.807) is 0 Å². The third-order valence-electron chi connectivity index (χ3n) is 1.95. The van der Waals surface area contributed by atoms with Crippen LogP contribution in [0.3, 0.4) is 0 Å². The molecule has 4 N–H and O–H groups in total. The van der Waals surface area contributed by atoms with Gasteiger partial charge in [0.15, 0.2) is 6.04 Å². The third-order valence-corrected chi connectivity index (χ3v) is 1.95. The van der Waals surface area contributed by atoms with Gasteiger partial charge in [0.1, 0.15) is 6.17 Å². The van der Waals surface area contributed by atoms with Crippen molar-refractivity contribution >= 4 is 12.1 Å². The van der Waals surface area contributed by atoms with Crippen LogP contribution in [-0.4, -0.2) is 52.0 Å². The molecule has 1 amide bonds. The van der Waals surface area contributed by atoms with E-state index in [4.69, 9.17) is 15.9 Å². The summed E-state index contributed by atoms with van der Waals surface area (Å²) in [6, 6.07) is -2.73. The fourth-order valence-electron chi connectivity index (χ4n) is 1.31. The van der Waals surface area contributed by atoms with E-state index in [1.807, 2.05) is 0 Å². The topological polar surface area (TPSA) is 104 Å². The zero-order valence-electron chi connectivity index (χ0n) is 6.55. The van der Waals surface area contributed by atoms with Crippen LogP contribution in [0.15, 0.2) is 0 Å². The van der Waals surface area contributed by atoms with Crippen LogP contribution >= 0.6 is 0 Å². The largest absolute Gasteiger partial charge is 0.480 e. The summed E-state index contributed by atoms with van der Waals surface area (Å²) in [7, 11) is 0. The Morgan fingerprint density at radius 3 is 2.31 bits per heavy atom. The van der Waals surface area contributed by atoms with Gasteiger partial charge in [-0.1, -0.05) is 0 Å². The maximum atomic E-state index is 13.0. The Kier molecular flexibility index (Phi) is 2.37. The Balaban J connectivity index is 2.86. The zero-order valence-corrected chi connectivity index (χ0v) is 6.55. The molecular formula is C6H9FN2O4.